The Balaban J connectivity index is 2.22. The van der Waals surface area contributed by atoms with E-state index in [0.717, 1.165) is 0 Å². The maximum Gasteiger partial charge on any atom is 0.0878 e. The average Bonchev–Trinajstić information content (AvgIpc) is 2.26. The van der Waals surface area contributed by atoms with Crippen LogP contribution in [0.15, 0.2) is 0 Å². The van der Waals surface area contributed by atoms with Gasteiger partial charge in [0.15, 0.2) is 0 Å². The molecule has 0 amide bonds. The van der Waals surface area contributed by atoms with E-state index in [1.54, 1.807) is 0 Å². The number of thioether (sulfide) groups is 1. The number of unbranched alkanes of at least 4 members (excludes halogenated alkanes) is 3. The van der Waals surface area contributed by atoms with Crippen LogP contribution < -0.4 is 0 Å². The third-order valence-electron chi connectivity index (χ3n) is 3.58. The third kappa shape index (κ3) is 3.82. The lowest BCUT2D eigenvalue weighted by atomic mass is 10.2. The molecule has 0 spiro atoms. The Labute approximate surface area is 93.8 Å². The summed E-state index contributed by atoms with van der Waals surface area (Å²) in [7, 11) is 0. The highest BCUT2D eigenvalue weighted by atomic mass is 32.2. The quantitative estimate of drug-likeness (QED) is 0.485. The lowest BCUT2D eigenvalue weighted by molar-refractivity contribution is -0.923. The first-order chi connectivity index (χ1) is 6.83. The Bertz CT molecular complexity index is 141. The Morgan fingerprint density at radius 3 is 2.29 bits per heavy atom. The Hall–Kier alpha value is 0.310. The van der Waals surface area contributed by atoms with Crippen molar-refractivity contribution in [3.05, 3.63) is 0 Å². The smallest absolute Gasteiger partial charge is 0.0878 e. The topological polar surface area (TPSA) is 0 Å². The van der Waals surface area contributed by atoms with Crippen LogP contribution >= 0.6 is 11.8 Å². The SMILES string of the molecule is CCCCCC[N+]1(CC)CCSCC1. The first-order valence-corrected chi connectivity index (χ1v) is 7.41. The molecule has 0 bridgehead atoms. The van der Waals surface area contributed by atoms with Crippen LogP contribution in [0.25, 0.3) is 0 Å². The lowest BCUT2D eigenvalue weighted by Crippen LogP contribution is -2.53. The van der Waals surface area contributed by atoms with Crippen molar-refractivity contribution in [1.82, 2.24) is 0 Å². The zero-order valence-corrected chi connectivity index (χ0v) is 10.7. The summed E-state index contributed by atoms with van der Waals surface area (Å²) >= 11 is 2.14. The largest absolute Gasteiger partial charge is 0.322 e. The van der Waals surface area contributed by atoms with E-state index in [1.807, 2.05) is 0 Å². The second-order valence-electron chi connectivity index (χ2n) is 4.50. The normalized spacial score (nSPS) is 21.0. The number of rotatable bonds is 6. The summed E-state index contributed by atoms with van der Waals surface area (Å²) in [6.45, 7) is 10.3. The van der Waals surface area contributed by atoms with Gasteiger partial charge in [-0.15, -0.1) is 0 Å². The molecule has 0 aromatic heterocycles. The van der Waals surface area contributed by atoms with Crippen LogP contribution in [0.1, 0.15) is 39.5 Å². The molecule has 0 aliphatic carbocycles. The molecule has 84 valence electrons. The molecule has 0 radical (unpaired) electrons. The summed E-state index contributed by atoms with van der Waals surface area (Å²) < 4.78 is 1.41. The van der Waals surface area contributed by atoms with Crippen LogP contribution in [0.5, 0.6) is 0 Å². The fraction of sp³-hybridized carbons (Fsp3) is 1.00. The minimum atomic E-state index is 1.35. The zero-order valence-electron chi connectivity index (χ0n) is 9.93. The van der Waals surface area contributed by atoms with E-state index in [4.69, 9.17) is 0 Å². The van der Waals surface area contributed by atoms with E-state index in [0.29, 0.717) is 0 Å². The molecule has 1 fully saturated rings. The van der Waals surface area contributed by atoms with Gasteiger partial charge in [-0.25, -0.2) is 0 Å². The van der Waals surface area contributed by atoms with E-state index < -0.39 is 0 Å². The van der Waals surface area contributed by atoms with Crippen LogP contribution in [0, 0.1) is 0 Å². The van der Waals surface area contributed by atoms with Crippen LogP contribution in [0.2, 0.25) is 0 Å². The summed E-state index contributed by atoms with van der Waals surface area (Å²) in [6.07, 6.45) is 5.69. The predicted molar refractivity (Wildman–Crippen MR) is 66.9 cm³/mol. The molecule has 1 heterocycles. The van der Waals surface area contributed by atoms with Gasteiger partial charge in [0.2, 0.25) is 0 Å². The number of hydrogen-bond acceptors (Lipinski definition) is 1. The van der Waals surface area contributed by atoms with Crippen molar-refractivity contribution in [3.63, 3.8) is 0 Å². The molecule has 1 rings (SSSR count). The monoisotopic (exact) mass is 216 g/mol. The number of hydrogen-bond donors (Lipinski definition) is 0. The minimum Gasteiger partial charge on any atom is -0.322 e. The molecule has 2 heteroatoms. The van der Waals surface area contributed by atoms with Crippen molar-refractivity contribution < 1.29 is 4.48 Å². The van der Waals surface area contributed by atoms with Crippen LogP contribution in [0.3, 0.4) is 0 Å². The van der Waals surface area contributed by atoms with E-state index in [2.05, 4.69) is 25.6 Å². The van der Waals surface area contributed by atoms with Gasteiger partial charge in [-0.1, -0.05) is 19.8 Å². The van der Waals surface area contributed by atoms with Crippen molar-refractivity contribution in [1.29, 1.82) is 0 Å². The van der Waals surface area contributed by atoms with Gasteiger partial charge in [-0.05, 0) is 19.8 Å². The fourth-order valence-corrected chi connectivity index (χ4v) is 3.54. The molecule has 1 aliphatic heterocycles. The summed E-state index contributed by atoms with van der Waals surface area (Å²) in [4.78, 5) is 0. The van der Waals surface area contributed by atoms with Gasteiger partial charge >= 0.3 is 0 Å². The maximum atomic E-state index is 2.37. The first-order valence-electron chi connectivity index (χ1n) is 6.26. The minimum absolute atomic E-state index is 1.35. The van der Waals surface area contributed by atoms with Gasteiger partial charge < -0.3 is 4.48 Å². The van der Waals surface area contributed by atoms with Crippen LogP contribution in [0.4, 0.5) is 0 Å². The standard InChI is InChI=1S/C12H26NS/c1-3-5-6-7-8-13(4-2)9-11-14-12-10-13/h3-12H2,1-2H3/q+1. The van der Waals surface area contributed by atoms with Gasteiger partial charge in [-0.3, -0.25) is 0 Å². The first kappa shape index (κ1) is 12.4. The molecule has 1 aliphatic rings. The van der Waals surface area contributed by atoms with Crippen molar-refractivity contribution >= 4 is 11.8 Å². The van der Waals surface area contributed by atoms with Crippen molar-refractivity contribution in [2.45, 2.75) is 39.5 Å². The summed E-state index contributed by atoms with van der Waals surface area (Å²) in [5.41, 5.74) is 0. The Morgan fingerprint density at radius 2 is 1.71 bits per heavy atom. The molecule has 0 N–H and O–H groups in total. The predicted octanol–water partition coefficient (Wildman–Crippen LogP) is 3.15. The zero-order chi connectivity index (χ0) is 10.3. The van der Waals surface area contributed by atoms with Crippen LogP contribution in [-0.4, -0.2) is 42.2 Å². The average molecular weight is 216 g/mol. The molecule has 0 atom stereocenters. The second kappa shape index (κ2) is 6.73. The van der Waals surface area contributed by atoms with Crippen molar-refractivity contribution in [2.75, 3.05) is 37.7 Å². The van der Waals surface area contributed by atoms with Crippen molar-refractivity contribution in [2.24, 2.45) is 0 Å². The van der Waals surface area contributed by atoms with E-state index in [1.165, 1.54) is 67.9 Å². The summed E-state index contributed by atoms with van der Waals surface area (Å²) in [6, 6.07) is 0. The lowest BCUT2D eigenvalue weighted by Gasteiger charge is -2.40. The van der Waals surface area contributed by atoms with E-state index in [-0.39, 0.29) is 0 Å². The van der Waals surface area contributed by atoms with Gasteiger partial charge in [0.1, 0.15) is 0 Å². The highest BCUT2D eigenvalue weighted by Gasteiger charge is 2.27. The molecule has 1 nitrogen and oxygen atoms in total. The Kier molecular flexibility index (Phi) is 5.95. The molecule has 14 heavy (non-hydrogen) atoms. The summed E-state index contributed by atoms with van der Waals surface area (Å²) in [5, 5.41) is 0. The van der Waals surface area contributed by atoms with Gasteiger partial charge in [-0.2, -0.15) is 11.8 Å². The fourth-order valence-electron chi connectivity index (χ4n) is 2.30. The van der Waals surface area contributed by atoms with E-state index >= 15 is 0 Å². The highest BCUT2D eigenvalue weighted by molar-refractivity contribution is 7.99. The van der Waals surface area contributed by atoms with Gasteiger partial charge in [0, 0.05) is 11.5 Å². The molecule has 1 saturated heterocycles. The summed E-state index contributed by atoms with van der Waals surface area (Å²) in [5.74, 6) is 2.78. The van der Waals surface area contributed by atoms with Crippen LogP contribution in [-0.2, 0) is 0 Å². The van der Waals surface area contributed by atoms with Gasteiger partial charge in [0.05, 0.1) is 26.2 Å². The molecular formula is C12H26NS+. The van der Waals surface area contributed by atoms with Crippen molar-refractivity contribution in [3.8, 4) is 0 Å². The molecular weight excluding hydrogens is 190 g/mol. The molecule has 0 unspecified atom stereocenters. The Morgan fingerprint density at radius 1 is 1.00 bits per heavy atom. The van der Waals surface area contributed by atoms with E-state index in [9.17, 15) is 0 Å². The third-order valence-corrected chi connectivity index (χ3v) is 4.52. The highest BCUT2D eigenvalue weighted by Crippen LogP contribution is 2.19. The molecule has 0 aromatic rings. The maximum absolute atomic E-state index is 2.37. The second-order valence-corrected chi connectivity index (χ2v) is 5.73. The number of nitrogens with zero attached hydrogens (tertiary/aromatic N) is 1. The molecule has 0 aromatic carbocycles. The number of quaternary nitrogens is 1. The molecule has 0 saturated carbocycles. The van der Waals surface area contributed by atoms with Gasteiger partial charge in [0.25, 0.3) is 0 Å².